The van der Waals surface area contributed by atoms with Crippen molar-refractivity contribution in [3.63, 3.8) is 0 Å². The van der Waals surface area contributed by atoms with E-state index in [1.54, 1.807) is 24.3 Å². The topological polar surface area (TPSA) is 111 Å². The van der Waals surface area contributed by atoms with Gasteiger partial charge in [-0.2, -0.15) is 0 Å². The molecule has 26 heavy (non-hydrogen) atoms. The smallest absolute Gasteiger partial charge is 0.339 e. The standard InChI is InChI=1S/C18H15N3O4S/c1-10(16(22)21-18(19)24)25-17(23)12-9-14(15-7-4-8-26-15)20-13-6-3-2-5-11(12)13/h2-10H,1H3,(H3,19,21,22,24)/t10-/m0/s1. The molecule has 1 atom stereocenters. The fraction of sp³-hybridized carbons (Fsp3) is 0.111. The highest BCUT2D eigenvalue weighted by atomic mass is 32.1. The molecule has 7 nitrogen and oxygen atoms in total. The molecule has 0 aliphatic rings. The van der Waals surface area contributed by atoms with Crippen LogP contribution in [0.15, 0.2) is 47.8 Å². The molecule has 8 heteroatoms. The van der Waals surface area contributed by atoms with Gasteiger partial charge in [-0.25, -0.2) is 14.6 Å². The van der Waals surface area contributed by atoms with E-state index in [0.29, 0.717) is 16.6 Å². The first-order chi connectivity index (χ1) is 12.5. The number of hydrogen-bond acceptors (Lipinski definition) is 6. The molecule has 1 aromatic carbocycles. The molecule has 0 spiro atoms. The number of nitrogens with zero attached hydrogens (tertiary/aromatic N) is 1. The molecule has 0 unspecified atom stereocenters. The van der Waals surface area contributed by atoms with Gasteiger partial charge in [0.15, 0.2) is 6.10 Å². The number of fused-ring (bicyclic) bond motifs is 1. The number of esters is 1. The van der Waals surface area contributed by atoms with Crippen LogP contribution in [0.2, 0.25) is 0 Å². The first-order valence-electron chi connectivity index (χ1n) is 7.70. The number of ether oxygens (including phenoxy) is 1. The Morgan fingerprint density at radius 2 is 1.96 bits per heavy atom. The summed E-state index contributed by atoms with van der Waals surface area (Å²) in [7, 11) is 0. The number of urea groups is 1. The fourth-order valence-electron chi connectivity index (χ4n) is 2.40. The molecule has 0 radical (unpaired) electrons. The van der Waals surface area contributed by atoms with E-state index < -0.39 is 24.0 Å². The highest BCUT2D eigenvalue weighted by Crippen LogP contribution is 2.28. The van der Waals surface area contributed by atoms with Crippen molar-refractivity contribution in [3.8, 4) is 10.6 Å². The molecule has 3 rings (SSSR count). The normalized spacial score (nSPS) is 11.7. The largest absolute Gasteiger partial charge is 0.449 e. The molecule has 2 aromatic heterocycles. The lowest BCUT2D eigenvalue weighted by atomic mass is 10.1. The summed E-state index contributed by atoms with van der Waals surface area (Å²) in [5.41, 5.74) is 6.47. The minimum Gasteiger partial charge on any atom is -0.449 e. The third kappa shape index (κ3) is 3.70. The molecule has 0 bridgehead atoms. The van der Waals surface area contributed by atoms with Crippen LogP contribution in [0, 0.1) is 0 Å². The van der Waals surface area contributed by atoms with Crippen molar-refractivity contribution in [1.29, 1.82) is 0 Å². The van der Waals surface area contributed by atoms with Crippen molar-refractivity contribution in [2.24, 2.45) is 5.73 Å². The Morgan fingerprint density at radius 1 is 1.19 bits per heavy atom. The molecule has 3 aromatic rings. The molecule has 0 saturated heterocycles. The Kier molecular flexibility index (Phi) is 4.94. The summed E-state index contributed by atoms with van der Waals surface area (Å²) in [5.74, 6) is -1.48. The van der Waals surface area contributed by atoms with Crippen LogP contribution in [0.4, 0.5) is 4.79 Å². The Balaban J connectivity index is 1.96. The highest BCUT2D eigenvalue weighted by Gasteiger charge is 2.22. The van der Waals surface area contributed by atoms with E-state index in [2.05, 4.69) is 4.98 Å². The van der Waals surface area contributed by atoms with Crippen LogP contribution in [0.3, 0.4) is 0 Å². The van der Waals surface area contributed by atoms with Crippen LogP contribution in [0.1, 0.15) is 17.3 Å². The molecular formula is C18H15N3O4S. The Morgan fingerprint density at radius 3 is 2.65 bits per heavy atom. The van der Waals surface area contributed by atoms with Crippen LogP contribution < -0.4 is 11.1 Å². The molecule has 0 aliphatic heterocycles. The van der Waals surface area contributed by atoms with Crippen molar-refractivity contribution in [3.05, 3.63) is 53.4 Å². The zero-order chi connectivity index (χ0) is 18.7. The fourth-order valence-corrected chi connectivity index (χ4v) is 3.08. The van der Waals surface area contributed by atoms with E-state index >= 15 is 0 Å². The van der Waals surface area contributed by atoms with Crippen molar-refractivity contribution in [2.45, 2.75) is 13.0 Å². The number of nitrogens with one attached hydrogen (secondary N) is 1. The Hall–Kier alpha value is -3.26. The quantitative estimate of drug-likeness (QED) is 0.687. The number of para-hydroxylation sites is 1. The number of imide groups is 1. The lowest BCUT2D eigenvalue weighted by molar-refractivity contribution is -0.127. The van der Waals surface area contributed by atoms with Crippen LogP contribution in [-0.2, 0) is 9.53 Å². The van der Waals surface area contributed by atoms with Crippen LogP contribution in [-0.4, -0.2) is 29.0 Å². The lowest BCUT2D eigenvalue weighted by Gasteiger charge is -2.13. The van der Waals surface area contributed by atoms with Gasteiger partial charge in [-0.05, 0) is 30.5 Å². The molecule has 0 aliphatic carbocycles. The Labute approximate surface area is 152 Å². The number of aromatic nitrogens is 1. The van der Waals surface area contributed by atoms with Crippen LogP contribution in [0.5, 0.6) is 0 Å². The first-order valence-corrected chi connectivity index (χ1v) is 8.58. The summed E-state index contributed by atoms with van der Waals surface area (Å²) in [6, 6.07) is 11.6. The van der Waals surface area contributed by atoms with E-state index in [1.165, 1.54) is 18.3 Å². The molecule has 0 fully saturated rings. The van der Waals surface area contributed by atoms with Gasteiger partial charge >= 0.3 is 12.0 Å². The second kappa shape index (κ2) is 7.32. The van der Waals surface area contributed by atoms with E-state index in [4.69, 9.17) is 10.5 Å². The maximum absolute atomic E-state index is 12.6. The minimum absolute atomic E-state index is 0.290. The van der Waals surface area contributed by atoms with Gasteiger partial charge in [0, 0.05) is 5.39 Å². The molecule has 3 amide bonds. The van der Waals surface area contributed by atoms with Crippen LogP contribution >= 0.6 is 11.3 Å². The van der Waals surface area contributed by atoms with E-state index in [-0.39, 0.29) is 5.56 Å². The zero-order valence-electron chi connectivity index (χ0n) is 13.8. The number of rotatable bonds is 4. The number of carbonyl (C=O) groups excluding carboxylic acids is 3. The number of primary amides is 1. The van der Waals surface area contributed by atoms with Gasteiger partial charge in [0.1, 0.15) is 0 Å². The number of thiophene rings is 1. The predicted molar refractivity (Wildman–Crippen MR) is 97.7 cm³/mol. The summed E-state index contributed by atoms with van der Waals surface area (Å²) >= 11 is 1.50. The maximum Gasteiger partial charge on any atom is 0.339 e. The maximum atomic E-state index is 12.6. The zero-order valence-corrected chi connectivity index (χ0v) is 14.6. The minimum atomic E-state index is -1.17. The second-order valence-corrected chi connectivity index (χ2v) is 6.40. The predicted octanol–water partition coefficient (Wildman–Crippen LogP) is 2.70. The van der Waals surface area contributed by atoms with Crippen molar-refractivity contribution in [1.82, 2.24) is 10.3 Å². The third-order valence-electron chi connectivity index (χ3n) is 3.61. The lowest BCUT2D eigenvalue weighted by Crippen LogP contribution is -2.42. The SMILES string of the molecule is C[C@H](OC(=O)c1cc(-c2cccs2)nc2ccccc12)C(=O)NC(N)=O. The highest BCUT2D eigenvalue weighted by molar-refractivity contribution is 7.13. The van der Waals surface area contributed by atoms with Crippen molar-refractivity contribution < 1.29 is 19.1 Å². The average Bonchev–Trinajstić information content (AvgIpc) is 3.14. The molecular weight excluding hydrogens is 354 g/mol. The van der Waals surface area contributed by atoms with Gasteiger partial charge in [-0.15, -0.1) is 11.3 Å². The summed E-state index contributed by atoms with van der Waals surface area (Å²) in [4.78, 5) is 40.6. The number of benzene rings is 1. The molecule has 132 valence electrons. The second-order valence-electron chi connectivity index (χ2n) is 5.45. The van der Waals surface area contributed by atoms with Gasteiger partial charge in [0.05, 0.1) is 21.7 Å². The third-order valence-corrected chi connectivity index (χ3v) is 4.50. The molecule has 0 saturated carbocycles. The molecule has 3 N–H and O–H groups in total. The monoisotopic (exact) mass is 369 g/mol. The average molecular weight is 369 g/mol. The van der Waals surface area contributed by atoms with E-state index in [0.717, 1.165) is 4.88 Å². The number of nitrogens with two attached hydrogens (primary N) is 1. The first kappa shape index (κ1) is 17.6. The van der Waals surface area contributed by atoms with Gasteiger partial charge in [-0.1, -0.05) is 24.3 Å². The summed E-state index contributed by atoms with van der Waals surface area (Å²) in [5, 5.41) is 4.41. The number of carbonyl (C=O) groups is 3. The van der Waals surface area contributed by atoms with Gasteiger partial charge in [0.25, 0.3) is 5.91 Å². The number of amides is 3. The van der Waals surface area contributed by atoms with Crippen molar-refractivity contribution in [2.75, 3.05) is 0 Å². The summed E-state index contributed by atoms with van der Waals surface area (Å²) < 4.78 is 5.20. The number of pyridine rings is 1. The van der Waals surface area contributed by atoms with E-state index in [9.17, 15) is 14.4 Å². The van der Waals surface area contributed by atoms with Gasteiger partial charge < -0.3 is 10.5 Å². The summed E-state index contributed by atoms with van der Waals surface area (Å²) in [6.07, 6.45) is -1.17. The Bertz CT molecular complexity index is 985. The van der Waals surface area contributed by atoms with Gasteiger partial charge in [-0.3, -0.25) is 10.1 Å². The van der Waals surface area contributed by atoms with Crippen LogP contribution in [0.25, 0.3) is 21.5 Å². The van der Waals surface area contributed by atoms with Crippen molar-refractivity contribution >= 4 is 40.1 Å². The number of hydrogen-bond donors (Lipinski definition) is 2. The molecule has 2 heterocycles. The van der Waals surface area contributed by atoms with Gasteiger partial charge in [0.2, 0.25) is 0 Å². The van der Waals surface area contributed by atoms with E-state index in [1.807, 2.05) is 28.9 Å². The summed E-state index contributed by atoms with van der Waals surface area (Å²) in [6.45, 7) is 1.36.